The summed E-state index contributed by atoms with van der Waals surface area (Å²) in [5, 5.41) is 29.2. The number of nitrogens with zero attached hydrogens (tertiary/aromatic N) is 4. The zero-order valence-corrected chi connectivity index (χ0v) is 28.1. The molecule has 0 heterocycles. The maximum absolute atomic E-state index is 12.2. The van der Waals surface area contributed by atoms with Crippen molar-refractivity contribution in [2.45, 2.75) is 108 Å². The molecule has 3 N–H and O–H groups in total. The van der Waals surface area contributed by atoms with Gasteiger partial charge in [0.15, 0.2) is 0 Å². The van der Waals surface area contributed by atoms with Crippen LogP contribution in [0.4, 0.5) is 0 Å². The number of rotatable bonds is 27. The first-order chi connectivity index (χ1) is 23.1. The van der Waals surface area contributed by atoms with Gasteiger partial charge in [0.1, 0.15) is 20.2 Å². The lowest BCUT2D eigenvalue weighted by atomic mass is 9.86. The van der Waals surface area contributed by atoms with Crippen LogP contribution in [0.5, 0.6) is 0 Å². The molecule has 0 aromatic carbocycles. The summed E-state index contributed by atoms with van der Waals surface area (Å²) in [4.78, 5) is 76.3. The molecule has 0 aromatic heterocycles. The number of ether oxygens (including phenoxy) is 3. The highest BCUT2D eigenvalue weighted by atomic mass is 16.6. The molecule has 2 fully saturated rings. The largest absolute Gasteiger partial charge is 0.480 e. The molecule has 274 valence electrons. The standard InChI is InChI=1S/C32H54N4O12/c1-2-3-4-9-25(14-33(16-30(40)41)26-10-5-6-11-27(26)34(17-31(42)43)18-32(44)45)15-35(19-46-22-37)28-12-7-8-13-29(28)36(20-47-23-38)21-48-24-39/h22-29H,2-21H2,1H3,(H,40,41)(H,42,43)(H,44,45)/t25?,26-,27-,28+,29+/m0/s1. The number of carbonyl (C=O) groups excluding carboxylic acids is 3. The zero-order chi connectivity index (χ0) is 35.3. The van der Waals surface area contributed by atoms with Crippen LogP contribution in [0.3, 0.4) is 0 Å². The van der Waals surface area contributed by atoms with Crippen LogP contribution in [-0.4, -0.2) is 149 Å². The molecule has 2 aliphatic carbocycles. The van der Waals surface area contributed by atoms with Crippen molar-refractivity contribution in [3.63, 3.8) is 0 Å². The van der Waals surface area contributed by atoms with Crippen LogP contribution in [0.25, 0.3) is 0 Å². The summed E-state index contributed by atoms with van der Waals surface area (Å²) in [7, 11) is 0. The molecule has 0 aliphatic heterocycles. The van der Waals surface area contributed by atoms with Crippen molar-refractivity contribution in [3.05, 3.63) is 0 Å². The molecule has 5 atom stereocenters. The maximum atomic E-state index is 12.2. The minimum atomic E-state index is -1.15. The van der Waals surface area contributed by atoms with Gasteiger partial charge in [-0.15, -0.1) is 0 Å². The Morgan fingerprint density at radius 3 is 1.42 bits per heavy atom. The zero-order valence-electron chi connectivity index (χ0n) is 28.1. The molecule has 0 saturated heterocycles. The van der Waals surface area contributed by atoms with Gasteiger partial charge in [-0.1, -0.05) is 51.9 Å². The van der Waals surface area contributed by atoms with Gasteiger partial charge in [-0.2, -0.15) is 0 Å². The second kappa shape index (κ2) is 23.1. The Balaban J connectivity index is 2.45. The van der Waals surface area contributed by atoms with Gasteiger partial charge in [-0.3, -0.25) is 43.5 Å². The highest BCUT2D eigenvalue weighted by Crippen LogP contribution is 2.31. The van der Waals surface area contributed by atoms with E-state index in [-0.39, 0.29) is 50.8 Å². The van der Waals surface area contributed by atoms with E-state index in [1.54, 1.807) is 4.90 Å². The van der Waals surface area contributed by atoms with E-state index >= 15 is 0 Å². The van der Waals surface area contributed by atoms with Crippen molar-refractivity contribution < 1.29 is 58.3 Å². The lowest BCUT2D eigenvalue weighted by molar-refractivity contribution is -0.151. The quantitative estimate of drug-likeness (QED) is 0.0486. The fourth-order valence-electron chi connectivity index (χ4n) is 7.49. The molecule has 2 aliphatic rings. The van der Waals surface area contributed by atoms with Crippen LogP contribution in [0, 0.1) is 5.92 Å². The van der Waals surface area contributed by atoms with Crippen LogP contribution in [-0.2, 0) is 43.0 Å². The van der Waals surface area contributed by atoms with Crippen molar-refractivity contribution >= 4 is 37.3 Å². The Morgan fingerprint density at radius 2 is 0.979 bits per heavy atom. The summed E-state index contributed by atoms with van der Waals surface area (Å²) in [6, 6.07) is -1.21. The molecule has 48 heavy (non-hydrogen) atoms. The van der Waals surface area contributed by atoms with E-state index in [1.807, 2.05) is 4.90 Å². The first-order valence-electron chi connectivity index (χ1n) is 16.9. The fraction of sp³-hybridized carbons (Fsp3) is 0.812. The van der Waals surface area contributed by atoms with Gasteiger partial charge >= 0.3 is 17.9 Å². The highest BCUT2D eigenvalue weighted by molar-refractivity contribution is 5.72. The smallest absolute Gasteiger partial charge is 0.317 e. The summed E-state index contributed by atoms with van der Waals surface area (Å²) in [5.74, 6) is -3.43. The molecule has 16 heteroatoms. The van der Waals surface area contributed by atoms with E-state index in [2.05, 4.69) is 11.8 Å². The van der Waals surface area contributed by atoms with E-state index < -0.39 is 37.0 Å². The summed E-state index contributed by atoms with van der Waals surface area (Å²) in [5.41, 5.74) is 0. The SMILES string of the molecule is CCCCCC(CN(COC=O)[C@@H]1CCCC[C@H]1N(COC=O)COC=O)CN(CC(=O)O)[C@H]1CCCC[C@@H]1N(CC(=O)O)CC(=O)O. The average molecular weight is 687 g/mol. The van der Waals surface area contributed by atoms with E-state index in [0.29, 0.717) is 51.8 Å². The molecular formula is C32H54N4O12. The van der Waals surface area contributed by atoms with E-state index in [4.69, 9.17) is 14.2 Å². The van der Waals surface area contributed by atoms with Crippen LogP contribution in [0.15, 0.2) is 0 Å². The lowest BCUT2D eigenvalue weighted by Gasteiger charge is -2.46. The van der Waals surface area contributed by atoms with Gasteiger partial charge < -0.3 is 29.5 Å². The Labute approximate surface area is 282 Å². The molecule has 2 rings (SSSR count). The van der Waals surface area contributed by atoms with Gasteiger partial charge in [0.25, 0.3) is 19.4 Å². The Hall–Kier alpha value is -3.34. The normalized spacial score (nSPS) is 21.9. The van der Waals surface area contributed by atoms with Crippen LogP contribution in [0.2, 0.25) is 0 Å². The summed E-state index contributed by atoms with van der Waals surface area (Å²) in [6.07, 6.45) is 9.51. The molecule has 1 unspecified atom stereocenters. The van der Waals surface area contributed by atoms with Crippen molar-refractivity contribution in [2.24, 2.45) is 5.92 Å². The summed E-state index contributed by atoms with van der Waals surface area (Å²) >= 11 is 0. The monoisotopic (exact) mass is 686 g/mol. The maximum Gasteiger partial charge on any atom is 0.317 e. The average Bonchev–Trinajstić information content (AvgIpc) is 3.05. The molecule has 0 radical (unpaired) electrons. The second-order valence-corrected chi connectivity index (χ2v) is 12.8. The van der Waals surface area contributed by atoms with Gasteiger partial charge in [0.2, 0.25) is 0 Å². The summed E-state index contributed by atoms with van der Waals surface area (Å²) in [6.45, 7) is 2.46. The van der Waals surface area contributed by atoms with E-state index in [9.17, 15) is 44.1 Å². The van der Waals surface area contributed by atoms with Gasteiger partial charge in [-0.25, -0.2) is 4.90 Å². The number of unbranched alkanes of at least 4 members (excludes halogenated alkanes) is 2. The topological polar surface area (TPSA) is 204 Å². The summed E-state index contributed by atoms with van der Waals surface area (Å²) < 4.78 is 15.4. The Kier molecular flexibility index (Phi) is 19.6. The third-order valence-corrected chi connectivity index (χ3v) is 9.41. The first-order valence-corrected chi connectivity index (χ1v) is 16.9. The van der Waals surface area contributed by atoms with Crippen molar-refractivity contribution in [1.82, 2.24) is 19.6 Å². The molecular weight excluding hydrogens is 632 g/mol. The third-order valence-electron chi connectivity index (χ3n) is 9.41. The Morgan fingerprint density at radius 1 is 0.604 bits per heavy atom. The number of carboxylic acids is 3. The van der Waals surface area contributed by atoms with Gasteiger partial charge in [0.05, 0.1) is 19.6 Å². The predicted octanol–water partition coefficient (Wildman–Crippen LogP) is 1.66. The number of hydrogen-bond acceptors (Lipinski definition) is 13. The van der Waals surface area contributed by atoms with Crippen molar-refractivity contribution in [1.29, 1.82) is 0 Å². The number of carboxylic acid groups (broad SMARTS) is 3. The number of aliphatic carboxylic acids is 3. The van der Waals surface area contributed by atoms with Gasteiger partial charge in [0, 0.05) is 37.3 Å². The number of hydrogen-bond donors (Lipinski definition) is 3. The Bertz CT molecular complexity index is 976. The molecule has 0 spiro atoms. The van der Waals surface area contributed by atoms with E-state index in [1.165, 1.54) is 4.90 Å². The highest BCUT2D eigenvalue weighted by Gasteiger charge is 2.39. The lowest BCUT2D eigenvalue weighted by Crippen LogP contribution is -2.58. The first kappa shape index (κ1) is 40.8. The molecule has 0 bridgehead atoms. The van der Waals surface area contributed by atoms with Crippen molar-refractivity contribution in [3.8, 4) is 0 Å². The minimum absolute atomic E-state index is 0.0259. The minimum Gasteiger partial charge on any atom is -0.480 e. The fourth-order valence-corrected chi connectivity index (χ4v) is 7.49. The third kappa shape index (κ3) is 14.4. The second-order valence-electron chi connectivity index (χ2n) is 12.8. The molecule has 16 nitrogen and oxygen atoms in total. The van der Waals surface area contributed by atoms with Crippen LogP contribution >= 0.6 is 0 Å². The van der Waals surface area contributed by atoms with Crippen LogP contribution in [0.1, 0.15) is 84.0 Å². The van der Waals surface area contributed by atoms with Gasteiger partial charge in [-0.05, 0) is 38.0 Å². The predicted molar refractivity (Wildman–Crippen MR) is 170 cm³/mol. The molecule has 0 aromatic rings. The number of carbonyl (C=O) groups is 6. The van der Waals surface area contributed by atoms with E-state index in [0.717, 1.165) is 57.8 Å². The molecule has 0 amide bonds. The van der Waals surface area contributed by atoms with Crippen molar-refractivity contribution in [2.75, 3.05) is 52.9 Å². The van der Waals surface area contributed by atoms with Crippen LogP contribution < -0.4 is 0 Å². The molecule has 2 saturated carbocycles.